The Kier molecular flexibility index (Phi) is 3.17. The van der Waals surface area contributed by atoms with Gasteiger partial charge in [0.05, 0.1) is 6.61 Å². The molecule has 1 aliphatic rings. The standard InChI is InChI=1S/C12H17NO/c13-12-6-11(7-12)9-14-8-10-4-2-1-3-5-10/h1-5,11-12H,6-9,13H2/t11-,12+. The van der Waals surface area contributed by atoms with E-state index < -0.39 is 0 Å². The number of benzene rings is 1. The molecule has 0 amide bonds. The van der Waals surface area contributed by atoms with Crippen molar-refractivity contribution in [1.29, 1.82) is 0 Å². The maximum Gasteiger partial charge on any atom is 0.0717 e. The van der Waals surface area contributed by atoms with Crippen LogP contribution in [-0.2, 0) is 11.3 Å². The molecule has 0 heterocycles. The van der Waals surface area contributed by atoms with E-state index in [4.69, 9.17) is 10.5 Å². The fourth-order valence-corrected chi connectivity index (χ4v) is 1.84. The number of rotatable bonds is 4. The zero-order valence-electron chi connectivity index (χ0n) is 8.36. The maximum absolute atomic E-state index is 5.70. The third-order valence-corrected chi connectivity index (χ3v) is 2.74. The quantitative estimate of drug-likeness (QED) is 0.789. The molecule has 0 unspecified atom stereocenters. The Morgan fingerprint density at radius 2 is 1.93 bits per heavy atom. The highest BCUT2D eigenvalue weighted by Gasteiger charge is 2.25. The molecule has 0 spiro atoms. The average Bonchev–Trinajstić information content (AvgIpc) is 2.17. The topological polar surface area (TPSA) is 35.2 Å². The van der Waals surface area contributed by atoms with E-state index in [1.807, 2.05) is 18.2 Å². The second-order valence-electron chi connectivity index (χ2n) is 4.10. The van der Waals surface area contributed by atoms with Gasteiger partial charge in [-0.2, -0.15) is 0 Å². The number of hydrogen-bond donors (Lipinski definition) is 1. The molecule has 0 saturated heterocycles. The Morgan fingerprint density at radius 3 is 2.57 bits per heavy atom. The lowest BCUT2D eigenvalue weighted by atomic mass is 9.82. The summed E-state index contributed by atoms with van der Waals surface area (Å²) in [5.74, 6) is 0.703. The molecule has 0 bridgehead atoms. The van der Waals surface area contributed by atoms with E-state index in [0.717, 1.165) is 26.1 Å². The molecular formula is C12H17NO. The van der Waals surface area contributed by atoms with Crippen molar-refractivity contribution in [2.45, 2.75) is 25.5 Å². The molecule has 1 aliphatic carbocycles. The van der Waals surface area contributed by atoms with Crippen molar-refractivity contribution >= 4 is 0 Å². The summed E-state index contributed by atoms with van der Waals surface area (Å²) < 4.78 is 5.62. The van der Waals surface area contributed by atoms with Gasteiger partial charge in [0.1, 0.15) is 0 Å². The molecule has 1 fully saturated rings. The summed E-state index contributed by atoms with van der Waals surface area (Å²) in [6, 6.07) is 10.7. The Bertz CT molecular complexity index is 267. The molecule has 2 N–H and O–H groups in total. The predicted molar refractivity (Wildman–Crippen MR) is 56.8 cm³/mol. The van der Waals surface area contributed by atoms with Crippen LogP contribution in [0.5, 0.6) is 0 Å². The molecule has 0 aromatic heterocycles. The monoisotopic (exact) mass is 191 g/mol. The fraction of sp³-hybridized carbons (Fsp3) is 0.500. The summed E-state index contributed by atoms with van der Waals surface area (Å²) in [7, 11) is 0. The predicted octanol–water partition coefficient (Wildman–Crippen LogP) is 1.94. The second-order valence-corrected chi connectivity index (χ2v) is 4.10. The third-order valence-electron chi connectivity index (χ3n) is 2.74. The summed E-state index contributed by atoms with van der Waals surface area (Å²) in [5, 5.41) is 0. The van der Waals surface area contributed by atoms with Crippen LogP contribution in [-0.4, -0.2) is 12.6 Å². The average molecular weight is 191 g/mol. The van der Waals surface area contributed by atoms with Crippen molar-refractivity contribution in [2.75, 3.05) is 6.61 Å². The number of nitrogens with two attached hydrogens (primary N) is 1. The van der Waals surface area contributed by atoms with Gasteiger partial charge in [0, 0.05) is 12.6 Å². The van der Waals surface area contributed by atoms with Crippen LogP contribution in [0.25, 0.3) is 0 Å². The zero-order valence-corrected chi connectivity index (χ0v) is 8.36. The largest absolute Gasteiger partial charge is 0.376 e. The van der Waals surface area contributed by atoms with E-state index in [1.54, 1.807) is 0 Å². The first-order chi connectivity index (χ1) is 6.84. The minimum atomic E-state index is 0.431. The Labute approximate surface area is 85.1 Å². The molecule has 0 atom stereocenters. The van der Waals surface area contributed by atoms with Crippen molar-refractivity contribution in [2.24, 2.45) is 11.7 Å². The van der Waals surface area contributed by atoms with Gasteiger partial charge in [0.2, 0.25) is 0 Å². The lowest BCUT2D eigenvalue weighted by molar-refractivity contribution is 0.0519. The fourth-order valence-electron chi connectivity index (χ4n) is 1.84. The smallest absolute Gasteiger partial charge is 0.0717 e. The second kappa shape index (κ2) is 4.58. The van der Waals surface area contributed by atoms with Gasteiger partial charge in [-0.15, -0.1) is 0 Å². The number of ether oxygens (including phenoxy) is 1. The van der Waals surface area contributed by atoms with E-state index in [1.165, 1.54) is 5.56 Å². The van der Waals surface area contributed by atoms with Crippen LogP contribution in [0.4, 0.5) is 0 Å². The molecule has 14 heavy (non-hydrogen) atoms. The lowest BCUT2D eigenvalue weighted by Crippen LogP contribution is -2.38. The van der Waals surface area contributed by atoms with Crippen molar-refractivity contribution in [1.82, 2.24) is 0 Å². The molecule has 2 nitrogen and oxygen atoms in total. The third kappa shape index (κ3) is 2.56. The Hall–Kier alpha value is -0.860. The van der Waals surface area contributed by atoms with Crippen LogP contribution in [0, 0.1) is 5.92 Å². The summed E-state index contributed by atoms with van der Waals surface area (Å²) in [6.07, 6.45) is 2.27. The Balaban J connectivity index is 1.64. The summed E-state index contributed by atoms with van der Waals surface area (Å²) >= 11 is 0. The molecule has 76 valence electrons. The minimum Gasteiger partial charge on any atom is -0.376 e. The lowest BCUT2D eigenvalue weighted by Gasteiger charge is -2.31. The highest BCUT2D eigenvalue weighted by molar-refractivity contribution is 5.13. The molecule has 0 aliphatic heterocycles. The number of hydrogen-bond acceptors (Lipinski definition) is 2. The Morgan fingerprint density at radius 1 is 1.21 bits per heavy atom. The van der Waals surface area contributed by atoms with Crippen LogP contribution in [0.3, 0.4) is 0 Å². The van der Waals surface area contributed by atoms with Gasteiger partial charge in [-0.25, -0.2) is 0 Å². The van der Waals surface area contributed by atoms with Crippen molar-refractivity contribution < 1.29 is 4.74 Å². The van der Waals surface area contributed by atoms with Gasteiger partial charge in [0.15, 0.2) is 0 Å². The molecule has 1 aromatic carbocycles. The van der Waals surface area contributed by atoms with Gasteiger partial charge in [0.25, 0.3) is 0 Å². The summed E-state index contributed by atoms with van der Waals surface area (Å²) in [5.41, 5.74) is 6.94. The summed E-state index contributed by atoms with van der Waals surface area (Å²) in [4.78, 5) is 0. The highest BCUT2D eigenvalue weighted by atomic mass is 16.5. The van der Waals surface area contributed by atoms with Crippen LogP contribution < -0.4 is 5.73 Å². The van der Waals surface area contributed by atoms with Gasteiger partial charge < -0.3 is 10.5 Å². The normalized spacial score (nSPS) is 25.8. The first-order valence-electron chi connectivity index (χ1n) is 5.22. The first kappa shape index (κ1) is 9.69. The van der Waals surface area contributed by atoms with Gasteiger partial charge in [-0.3, -0.25) is 0 Å². The van der Waals surface area contributed by atoms with Crippen molar-refractivity contribution in [3.63, 3.8) is 0 Å². The van der Waals surface area contributed by atoms with E-state index in [0.29, 0.717) is 12.0 Å². The molecule has 1 saturated carbocycles. The van der Waals surface area contributed by atoms with Gasteiger partial charge in [-0.05, 0) is 24.3 Å². The zero-order chi connectivity index (χ0) is 9.80. The van der Waals surface area contributed by atoms with Crippen molar-refractivity contribution in [3.8, 4) is 0 Å². The molecular weight excluding hydrogens is 174 g/mol. The van der Waals surface area contributed by atoms with Gasteiger partial charge in [-0.1, -0.05) is 30.3 Å². The van der Waals surface area contributed by atoms with E-state index in [-0.39, 0.29) is 0 Å². The van der Waals surface area contributed by atoms with E-state index in [2.05, 4.69) is 12.1 Å². The van der Waals surface area contributed by atoms with Crippen LogP contribution in [0.15, 0.2) is 30.3 Å². The van der Waals surface area contributed by atoms with E-state index in [9.17, 15) is 0 Å². The summed E-state index contributed by atoms with van der Waals surface area (Å²) in [6.45, 7) is 1.59. The molecule has 1 aromatic rings. The van der Waals surface area contributed by atoms with Crippen molar-refractivity contribution in [3.05, 3.63) is 35.9 Å². The minimum absolute atomic E-state index is 0.431. The van der Waals surface area contributed by atoms with Crippen LogP contribution in [0.1, 0.15) is 18.4 Å². The van der Waals surface area contributed by atoms with Gasteiger partial charge >= 0.3 is 0 Å². The molecule has 0 radical (unpaired) electrons. The molecule has 2 rings (SSSR count). The highest BCUT2D eigenvalue weighted by Crippen LogP contribution is 2.25. The molecule has 2 heteroatoms. The first-order valence-corrected chi connectivity index (χ1v) is 5.22. The SMILES string of the molecule is N[C@H]1C[C@@H](COCc2ccccc2)C1. The van der Waals surface area contributed by atoms with Crippen LogP contribution >= 0.6 is 0 Å². The van der Waals surface area contributed by atoms with E-state index >= 15 is 0 Å². The maximum atomic E-state index is 5.70. The van der Waals surface area contributed by atoms with Crippen LogP contribution in [0.2, 0.25) is 0 Å².